The fourth-order valence-corrected chi connectivity index (χ4v) is 5.06. The van der Waals surface area contributed by atoms with Crippen molar-refractivity contribution in [2.75, 3.05) is 6.54 Å². The zero-order chi connectivity index (χ0) is 20.1. The quantitative estimate of drug-likeness (QED) is 0.428. The van der Waals surface area contributed by atoms with Crippen molar-refractivity contribution in [2.24, 2.45) is 23.7 Å². The van der Waals surface area contributed by atoms with Crippen LogP contribution in [0.2, 0.25) is 5.02 Å². The number of carbonyl (C=O) groups is 2. The first-order chi connectivity index (χ1) is 13.5. The Hall–Kier alpha value is -1.85. The van der Waals surface area contributed by atoms with Crippen LogP contribution in [0.1, 0.15) is 50.2 Å². The maximum absolute atomic E-state index is 12.9. The second-order valence-corrected chi connectivity index (χ2v) is 8.34. The Labute approximate surface area is 170 Å². The van der Waals surface area contributed by atoms with E-state index < -0.39 is 12.1 Å². The largest absolute Gasteiger partial charge is 0.481 e. The van der Waals surface area contributed by atoms with E-state index in [4.69, 9.17) is 16.7 Å². The van der Waals surface area contributed by atoms with Gasteiger partial charge in [-0.25, -0.2) is 0 Å². The van der Waals surface area contributed by atoms with Crippen LogP contribution in [0.3, 0.4) is 0 Å². The number of allylic oxidation sites excluding steroid dienone is 2. The summed E-state index contributed by atoms with van der Waals surface area (Å²) in [5, 5.41) is 22.5. The topological polar surface area (TPSA) is 86.6 Å². The first-order valence-electron chi connectivity index (χ1n) is 10.1. The van der Waals surface area contributed by atoms with E-state index in [1.165, 1.54) is 0 Å². The third-order valence-corrected chi connectivity index (χ3v) is 6.48. The fourth-order valence-electron chi connectivity index (χ4n) is 4.80. The summed E-state index contributed by atoms with van der Waals surface area (Å²) in [6, 6.07) is 7.11. The summed E-state index contributed by atoms with van der Waals surface area (Å²) in [6.07, 6.45) is 8.16. The molecule has 3 N–H and O–H groups in total. The number of halogens is 1. The van der Waals surface area contributed by atoms with Gasteiger partial charge in [0.1, 0.15) is 0 Å². The Morgan fingerprint density at radius 3 is 2.75 bits per heavy atom. The van der Waals surface area contributed by atoms with Crippen LogP contribution in [-0.2, 0) is 9.59 Å². The first kappa shape index (κ1) is 20.9. The molecule has 1 aromatic rings. The Balaban J connectivity index is 1.56. The molecule has 3 rings (SSSR count). The highest BCUT2D eigenvalue weighted by molar-refractivity contribution is 6.31. The van der Waals surface area contributed by atoms with E-state index in [9.17, 15) is 14.7 Å². The number of aliphatic carboxylic acids is 1. The Kier molecular flexibility index (Phi) is 7.13. The lowest BCUT2D eigenvalue weighted by atomic mass is 9.78. The summed E-state index contributed by atoms with van der Waals surface area (Å²) in [6.45, 7) is 0.144. The Morgan fingerprint density at radius 1 is 1.25 bits per heavy atom. The SMILES string of the molecule is O=C(O)CCCC=CC1C2CCC(C2)C1C(=O)NCC(O)c1ccccc1Cl. The summed E-state index contributed by atoms with van der Waals surface area (Å²) >= 11 is 6.12. The van der Waals surface area contributed by atoms with Crippen LogP contribution in [0.15, 0.2) is 36.4 Å². The molecule has 2 bridgehead atoms. The van der Waals surface area contributed by atoms with Gasteiger partial charge < -0.3 is 15.5 Å². The fraction of sp³-hybridized carbons (Fsp3) is 0.545. The van der Waals surface area contributed by atoms with Crippen LogP contribution < -0.4 is 5.32 Å². The number of hydrogen-bond donors (Lipinski definition) is 3. The minimum absolute atomic E-state index is 0.00140. The zero-order valence-corrected chi connectivity index (χ0v) is 16.6. The van der Waals surface area contributed by atoms with Crippen LogP contribution in [-0.4, -0.2) is 28.6 Å². The smallest absolute Gasteiger partial charge is 0.303 e. The van der Waals surface area contributed by atoms with Crippen molar-refractivity contribution in [3.05, 3.63) is 47.0 Å². The number of unbranched alkanes of at least 4 members (excludes halogenated alkanes) is 1. The molecule has 0 aromatic heterocycles. The monoisotopic (exact) mass is 405 g/mol. The van der Waals surface area contributed by atoms with E-state index in [0.29, 0.717) is 28.8 Å². The molecule has 0 radical (unpaired) electrons. The van der Waals surface area contributed by atoms with Crippen molar-refractivity contribution >= 4 is 23.5 Å². The van der Waals surface area contributed by atoms with E-state index in [2.05, 4.69) is 11.4 Å². The summed E-state index contributed by atoms with van der Waals surface area (Å²) in [4.78, 5) is 23.5. The van der Waals surface area contributed by atoms with E-state index in [1.54, 1.807) is 18.2 Å². The zero-order valence-electron chi connectivity index (χ0n) is 15.9. The predicted octanol–water partition coefficient (Wildman–Crippen LogP) is 3.96. The molecule has 2 aliphatic rings. The van der Waals surface area contributed by atoms with Gasteiger partial charge in [-0.15, -0.1) is 0 Å². The van der Waals surface area contributed by atoms with E-state index in [-0.39, 0.29) is 30.7 Å². The van der Waals surface area contributed by atoms with E-state index >= 15 is 0 Å². The summed E-state index contributed by atoms with van der Waals surface area (Å²) < 4.78 is 0. The number of hydrogen-bond acceptors (Lipinski definition) is 3. The number of fused-ring (bicyclic) bond motifs is 2. The molecule has 2 aliphatic carbocycles. The molecule has 1 amide bonds. The molecule has 152 valence electrons. The highest BCUT2D eigenvalue weighted by Gasteiger charge is 2.49. The number of aliphatic hydroxyl groups is 1. The maximum atomic E-state index is 12.9. The Morgan fingerprint density at radius 2 is 2.00 bits per heavy atom. The van der Waals surface area contributed by atoms with Crippen molar-refractivity contribution in [3.8, 4) is 0 Å². The number of carboxylic acid groups (broad SMARTS) is 1. The van der Waals surface area contributed by atoms with Gasteiger partial charge in [-0.3, -0.25) is 9.59 Å². The predicted molar refractivity (Wildman–Crippen MR) is 108 cm³/mol. The lowest BCUT2D eigenvalue weighted by molar-refractivity contribution is -0.137. The second kappa shape index (κ2) is 9.57. The molecule has 0 saturated heterocycles. The van der Waals surface area contributed by atoms with Gasteiger partial charge in [0, 0.05) is 29.5 Å². The molecule has 5 atom stereocenters. The van der Waals surface area contributed by atoms with E-state index in [1.807, 2.05) is 12.1 Å². The van der Waals surface area contributed by atoms with Gasteiger partial charge in [-0.1, -0.05) is 42.0 Å². The maximum Gasteiger partial charge on any atom is 0.303 e. The Bertz CT molecular complexity index is 735. The van der Waals surface area contributed by atoms with Gasteiger partial charge in [0.15, 0.2) is 0 Å². The number of amides is 1. The molecular formula is C22H28ClNO4. The molecule has 5 unspecified atom stereocenters. The lowest BCUT2D eigenvalue weighted by Crippen LogP contribution is -2.39. The standard InChI is InChI=1S/C22H28ClNO4/c23-18-8-5-4-7-17(18)19(25)13-24-22(28)21-15-11-10-14(12-15)16(21)6-2-1-3-9-20(26)27/h2,4-8,14-16,19,21,25H,1,3,9-13H2,(H,24,28)(H,26,27). The van der Waals surface area contributed by atoms with Crippen molar-refractivity contribution in [1.29, 1.82) is 0 Å². The minimum atomic E-state index is -0.832. The van der Waals surface area contributed by atoms with E-state index in [0.717, 1.165) is 25.7 Å². The molecule has 0 spiro atoms. The van der Waals surface area contributed by atoms with Crippen LogP contribution in [0.25, 0.3) is 0 Å². The van der Waals surface area contributed by atoms with Gasteiger partial charge in [0.2, 0.25) is 5.91 Å². The third kappa shape index (κ3) is 4.95. The van der Waals surface area contributed by atoms with Crippen LogP contribution in [0.4, 0.5) is 0 Å². The molecular weight excluding hydrogens is 378 g/mol. The summed E-state index contributed by atoms with van der Waals surface area (Å²) in [7, 11) is 0. The van der Waals surface area contributed by atoms with Gasteiger partial charge in [-0.2, -0.15) is 0 Å². The highest BCUT2D eigenvalue weighted by atomic mass is 35.5. The van der Waals surface area contributed by atoms with Crippen molar-refractivity contribution in [3.63, 3.8) is 0 Å². The van der Waals surface area contributed by atoms with Gasteiger partial charge in [0.25, 0.3) is 0 Å². The number of carboxylic acids is 1. The third-order valence-electron chi connectivity index (χ3n) is 6.14. The van der Waals surface area contributed by atoms with Crippen LogP contribution >= 0.6 is 11.6 Å². The molecule has 0 heterocycles. The molecule has 0 aliphatic heterocycles. The second-order valence-electron chi connectivity index (χ2n) is 7.93. The van der Waals surface area contributed by atoms with Crippen molar-refractivity contribution in [1.82, 2.24) is 5.32 Å². The molecule has 2 fully saturated rings. The molecule has 1 aromatic carbocycles. The van der Waals surface area contributed by atoms with Crippen LogP contribution in [0.5, 0.6) is 0 Å². The van der Waals surface area contributed by atoms with Gasteiger partial charge in [0.05, 0.1) is 6.10 Å². The van der Waals surface area contributed by atoms with Gasteiger partial charge >= 0.3 is 5.97 Å². The van der Waals surface area contributed by atoms with Crippen LogP contribution in [0, 0.1) is 23.7 Å². The molecule has 6 heteroatoms. The number of benzene rings is 1. The van der Waals surface area contributed by atoms with Gasteiger partial charge in [-0.05, 0) is 55.9 Å². The molecule has 2 saturated carbocycles. The summed E-state index contributed by atoms with van der Waals surface area (Å²) in [5.41, 5.74) is 0.618. The molecule has 28 heavy (non-hydrogen) atoms. The molecule has 5 nitrogen and oxygen atoms in total. The number of nitrogens with one attached hydrogen (secondary N) is 1. The highest BCUT2D eigenvalue weighted by Crippen LogP contribution is 2.53. The first-order valence-corrected chi connectivity index (χ1v) is 10.4. The average Bonchev–Trinajstić information content (AvgIpc) is 3.27. The number of carbonyl (C=O) groups excluding carboxylic acids is 1. The lowest BCUT2D eigenvalue weighted by Gasteiger charge is -2.28. The number of aliphatic hydroxyl groups excluding tert-OH is 1. The van der Waals surface area contributed by atoms with Crippen molar-refractivity contribution < 1.29 is 19.8 Å². The number of rotatable bonds is 9. The van der Waals surface area contributed by atoms with Crippen molar-refractivity contribution in [2.45, 2.75) is 44.6 Å². The average molecular weight is 406 g/mol. The summed E-state index contributed by atoms with van der Waals surface area (Å²) in [5.74, 6) is 0.302. The minimum Gasteiger partial charge on any atom is -0.481 e. The normalized spacial score (nSPS) is 27.2.